The van der Waals surface area contributed by atoms with E-state index in [2.05, 4.69) is 35.5 Å². The molecular weight excluding hydrogens is 262 g/mol. The Labute approximate surface area is 123 Å². The molecule has 0 spiro atoms. The summed E-state index contributed by atoms with van der Waals surface area (Å²) in [5.41, 5.74) is 4.82. The Morgan fingerprint density at radius 3 is 2.24 bits per heavy atom. The van der Waals surface area contributed by atoms with Crippen molar-refractivity contribution in [1.29, 1.82) is 0 Å². The number of rotatable bonds is 3. The lowest BCUT2D eigenvalue weighted by Crippen LogP contribution is -2.26. The van der Waals surface area contributed by atoms with Crippen LogP contribution in [0.4, 0.5) is 4.79 Å². The van der Waals surface area contributed by atoms with Crippen LogP contribution in [0.15, 0.2) is 48.5 Å². The smallest absolute Gasteiger partial charge is 0.407 e. The number of alkyl carbamates (subject to hydrolysis) is 1. The molecule has 0 aromatic heterocycles. The van der Waals surface area contributed by atoms with Gasteiger partial charge in [0.05, 0.1) is 6.54 Å². The van der Waals surface area contributed by atoms with Crippen molar-refractivity contribution >= 4 is 6.09 Å². The summed E-state index contributed by atoms with van der Waals surface area (Å²) in [7, 11) is 0. The van der Waals surface area contributed by atoms with E-state index in [1.165, 1.54) is 22.3 Å². The zero-order valence-electron chi connectivity index (χ0n) is 11.5. The Balaban J connectivity index is 1.83. The van der Waals surface area contributed by atoms with Crippen LogP contribution in [0, 0.1) is 12.3 Å². The van der Waals surface area contributed by atoms with Crippen molar-refractivity contribution in [2.45, 2.75) is 5.92 Å². The maximum Gasteiger partial charge on any atom is 0.407 e. The molecule has 2 aromatic rings. The zero-order valence-corrected chi connectivity index (χ0v) is 11.5. The molecule has 0 unspecified atom stereocenters. The molecule has 21 heavy (non-hydrogen) atoms. The van der Waals surface area contributed by atoms with E-state index in [1.54, 1.807) is 0 Å². The summed E-state index contributed by atoms with van der Waals surface area (Å²) in [5, 5.41) is 2.51. The van der Waals surface area contributed by atoms with Gasteiger partial charge >= 0.3 is 6.09 Å². The van der Waals surface area contributed by atoms with E-state index in [-0.39, 0.29) is 12.5 Å². The van der Waals surface area contributed by atoms with Crippen LogP contribution in [0.1, 0.15) is 17.0 Å². The molecule has 1 aliphatic carbocycles. The molecule has 0 aliphatic heterocycles. The summed E-state index contributed by atoms with van der Waals surface area (Å²) < 4.78 is 5.30. The molecule has 1 aliphatic rings. The second-order valence-corrected chi connectivity index (χ2v) is 4.88. The quantitative estimate of drug-likeness (QED) is 0.875. The number of carbonyl (C=O) groups excluding carboxylic acids is 1. The van der Waals surface area contributed by atoms with Gasteiger partial charge in [-0.2, -0.15) is 0 Å². The maximum atomic E-state index is 11.6. The van der Waals surface area contributed by atoms with Crippen LogP contribution in [-0.4, -0.2) is 19.2 Å². The van der Waals surface area contributed by atoms with Gasteiger partial charge in [-0.15, -0.1) is 6.42 Å². The first-order chi connectivity index (χ1) is 10.3. The van der Waals surface area contributed by atoms with Crippen LogP contribution >= 0.6 is 0 Å². The fourth-order valence-electron chi connectivity index (χ4n) is 2.77. The Kier molecular flexibility index (Phi) is 3.61. The van der Waals surface area contributed by atoms with Gasteiger partial charge in [0.25, 0.3) is 0 Å². The van der Waals surface area contributed by atoms with E-state index in [9.17, 15) is 4.79 Å². The average molecular weight is 277 g/mol. The van der Waals surface area contributed by atoms with E-state index < -0.39 is 6.09 Å². The molecule has 0 bridgehead atoms. The highest BCUT2D eigenvalue weighted by Crippen LogP contribution is 2.44. The fourth-order valence-corrected chi connectivity index (χ4v) is 2.77. The van der Waals surface area contributed by atoms with Crippen molar-refractivity contribution in [3.63, 3.8) is 0 Å². The molecule has 104 valence electrons. The molecule has 0 heterocycles. The first-order valence-corrected chi connectivity index (χ1v) is 6.83. The second kappa shape index (κ2) is 5.72. The Bertz CT molecular complexity index is 670. The number of hydrogen-bond donors (Lipinski definition) is 1. The molecule has 1 N–H and O–H groups in total. The van der Waals surface area contributed by atoms with E-state index >= 15 is 0 Å². The van der Waals surface area contributed by atoms with Gasteiger partial charge in [-0.05, 0) is 22.3 Å². The number of hydrogen-bond acceptors (Lipinski definition) is 2. The van der Waals surface area contributed by atoms with Crippen molar-refractivity contribution in [1.82, 2.24) is 5.32 Å². The Hall–Kier alpha value is -2.73. The predicted molar refractivity (Wildman–Crippen MR) is 81.9 cm³/mol. The third kappa shape index (κ3) is 2.48. The summed E-state index contributed by atoms with van der Waals surface area (Å²) in [4.78, 5) is 11.6. The van der Waals surface area contributed by atoms with Gasteiger partial charge < -0.3 is 10.1 Å². The molecular formula is C18H15NO2. The summed E-state index contributed by atoms with van der Waals surface area (Å²) in [6.07, 6.45) is 4.62. The van der Waals surface area contributed by atoms with Crippen molar-refractivity contribution < 1.29 is 9.53 Å². The molecule has 0 radical (unpaired) electrons. The van der Waals surface area contributed by atoms with E-state index in [1.807, 2.05) is 24.3 Å². The molecule has 3 nitrogen and oxygen atoms in total. The fraction of sp³-hybridized carbons (Fsp3) is 0.167. The van der Waals surface area contributed by atoms with Gasteiger partial charge in [0.15, 0.2) is 0 Å². The largest absolute Gasteiger partial charge is 0.449 e. The second-order valence-electron chi connectivity index (χ2n) is 4.88. The van der Waals surface area contributed by atoms with Crippen LogP contribution in [-0.2, 0) is 4.74 Å². The molecule has 0 saturated heterocycles. The third-order valence-corrected chi connectivity index (χ3v) is 3.68. The molecule has 1 amide bonds. The summed E-state index contributed by atoms with van der Waals surface area (Å²) >= 11 is 0. The molecule has 0 saturated carbocycles. The van der Waals surface area contributed by atoms with Gasteiger partial charge in [-0.1, -0.05) is 54.5 Å². The number of ether oxygens (including phenoxy) is 1. The van der Waals surface area contributed by atoms with Crippen LogP contribution in [0.5, 0.6) is 0 Å². The van der Waals surface area contributed by atoms with Crippen LogP contribution < -0.4 is 5.32 Å². The Morgan fingerprint density at radius 2 is 1.67 bits per heavy atom. The lowest BCUT2D eigenvalue weighted by atomic mass is 9.98. The SMILES string of the molecule is C#CCNC(=O)OCC1c2ccccc2-c2ccccc21. The van der Waals surface area contributed by atoms with Crippen molar-refractivity contribution in [2.75, 3.05) is 13.2 Å². The minimum atomic E-state index is -0.477. The highest BCUT2D eigenvalue weighted by atomic mass is 16.5. The molecule has 0 atom stereocenters. The predicted octanol–water partition coefficient (Wildman–Crippen LogP) is 3.16. The zero-order chi connectivity index (χ0) is 14.7. The van der Waals surface area contributed by atoms with E-state index in [0.29, 0.717) is 6.61 Å². The molecule has 3 heteroatoms. The minimum Gasteiger partial charge on any atom is -0.449 e. The van der Waals surface area contributed by atoms with E-state index in [0.717, 1.165) is 0 Å². The van der Waals surface area contributed by atoms with Crippen molar-refractivity contribution in [2.24, 2.45) is 0 Å². The highest BCUT2D eigenvalue weighted by Gasteiger charge is 2.28. The minimum absolute atomic E-state index is 0.0778. The molecule has 2 aromatic carbocycles. The van der Waals surface area contributed by atoms with Crippen LogP contribution in [0.2, 0.25) is 0 Å². The summed E-state index contributed by atoms with van der Waals surface area (Å²) in [6.45, 7) is 0.487. The van der Waals surface area contributed by atoms with Crippen LogP contribution in [0.25, 0.3) is 11.1 Å². The number of nitrogens with one attached hydrogen (secondary N) is 1. The van der Waals surface area contributed by atoms with Gasteiger partial charge in [0.2, 0.25) is 0 Å². The lowest BCUT2D eigenvalue weighted by Gasteiger charge is -2.14. The normalized spacial score (nSPS) is 12.1. The first-order valence-electron chi connectivity index (χ1n) is 6.83. The molecule has 0 fully saturated rings. The number of benzene rings is 2. The highest BCUT2D eigenvalue weighted by molar-refractivity contribution is 5.79. The lowest BCUT2D eigenvalue weighted by molar-refractivity contribution is 0.144. The van der Waals surface area contributed by atoms with Gasteiger partial charge in [-0.3, -0.25) is 0 Å². The van der Waals surface area contributed by atoms with Gasteiger partial charge in [0, 0.05) is 5.92 Å². The summed E-state index contributed by atoms with van der Waals surface area (Å²) in [6, 6.07) is 16.5. The van der Waals surface area contributed by atoms with Gasteiger partial charge in [0.1, 0.15) is 6.61 Å². The monoisotopic (exact) mass is 277 g/mol. The molecule has 3 rings (SSSR count). The van der Waals surface area contributed by atoms with Crippen molar-refractivity contribution in [3.8, 4) is 23.5 Å². The topological polar surface area (TPSA) is 38.3 Å². The van der Waals surface area contributed by atoms with Gasteiger partial charge in [-0.25, -0.2) is 4.79 Å². The maximum absolute atomic E-state index is 11.6. The van der Waals surface area contributed by atoms with Crippen LogP contribution in [0.3, 0.4) is 0 Å². The number of fused-ring (bicyclic) bond motifs is 3. The number of carbonyl (C=O) groups is 1. The average Bonchev–Trinajstić information content (AvgIpc) is 2.85. The summed E-state index contributed by atoms with van der Waals surface area (Å²) in [5.74, 6) is 2.42. The Morgan fingerprint density at radius 1 is 1.10 bits per heavy atom. The first kappa shape index (κ1) is 13.3. The standard InChI is InChI=1S/C18H15NO2/c1-2-11-19-18(20)21-12-17-15-9-5-3-7-13(15)14-8-4-6-10-16(14)17/h1,3-10,17H,11-12H2,(H,19,20). The number of terminal acetylenes is 1. The number of amides is 1. The van der Waals surface area contributed by atoms with E-state index in [4.69, 9.17) is 11.2 Å². The third-order valence-electron chi connectivity index (χ3n) is 3.68. The van der Waals surface area contributed by atoms with Crippen molar-refractivity contribution in [3.05, 3.63) is 59.7 Å².